The molecular weight excluding hydrogens is 344 g/mol. The second-order valence-electron chi connectivity index (χ2n) is 4.19. The molecule has 0 heterocycles. The molecule has 1 amide bonds. The summed E-state index contributed by atoms with van der Waals surface area (Å²) < 4.78 is 0.865. The number of amides is 1. The van der Waals surface area contributed by atoms with Crippen molar-refractivity contribution in [3.8, 4) is 5.75 Å². The number of carbonyl (C=O) groups is 1. The van der Waals surface area contributed by atoms with Gasteiger partial charge in [0, 0.05) is 22.1 Å². The van der Waals surface area contributed by atoms with E-state index < -0.39 is 5.91 Å². The summed E-state index contributed by atoms with van der Waals surface area (Å²) in [4.78, 5) is 11.1. The van der Waals surface area contributed by atoms with Gasteiger partial charge in [-0.1, -0.05) is 27.5 Å². The molecule has 0 aliphatic carbocycles. The molecule has 2 aromatic carbocycles. The number of halogens is 2. The Hall–Kier alpha value is -1.72. The van der Waals surface area contributed by atoms with E-state index in [2.05, 4.69) is 21.2 Å². The Morgan fingerprint density at radius 2 is 2.05 bits per heavy atom. The molecule has 0 radical (unpaired) electrons. The largest absolute Gasteiger partial charge is 0.508 e. The third kappa shape index (κ3) is 3.43. The number of primary amides is 1. The smallest absolute Gasteiger partial charge is 0.248 e. The second kappa shape index (κ2) is 6.15. The molecular formula is C14H12BrClN2O2. The van der Waals surface area contributed by atoms with E-state index in [1.165, 1.54) is 0 Å². The van der Waals surface area contributed by atoms with Crippen molar-refractivity contribution < 1.29 is 9.90 Å². The summed E-state index contributed by atoms with van der Waals surface area (Å²) in [6, 6.07) is 9.90. The number of phenols is 1. The van der Waals surface area contributed by atoms with Crippen LogP contribution in [0.3, 0.4) is 0 Å². The zero-order valence-electron chi connectivity index (χ0n) is 10.4. The van der Waals surface area contributed by atoms with Crippen LogP contribution in [-0.2, 0) is 6.54 Å². The minimum absolute atomic E-state index is 0.183. The van der Waals surface area contributed by atoms with Crippen molar-refractivity contribution >= 4 is 39.1 Å². The van der Waals surface area contributed by atoms with Crippen LogP contribution in [0.15, 0.2) is 40.9 Å². The van der Waals surface area contributed by atoms with Crippen molar-refractivity contribution in [3.63, 3.8) is 0 Å². The first-order valence-electron chi connectivity index (χ1n) is 5.78. The maximum absolute atomic E-state index is 11.1. The van der Waals surface area contributed by atoms with E-state index in [1.54, 1.807) is 36.4 Å². The Morgan fingerprint density at radius 1 is 1.30 bits per heavy atom. The monoisotopic (exact) mass is 354 g/mol. The van der Waals surface area contributed by atoms with Gasteiger partial charge < -0.3 is 16.2 Å². The Morgan fingerprint density at radius 3 is 2.75 bits per heavy atom. The lowest BCUT2D eigenvalue weighted by atomic mass is 10.1. The highest BCUT2D eigenvalue weighted by Crippen LogP contribution is 2.26. The van der Waals surface area contributed by atoms with Gasteiger partial charge >= 0.3 is 0 Å². The highest BCUT2D eigenvalue weighted by molar-refractivity contribution is 9.10. The average Bonchev–Trinajstić information content (AvgIpc) is 2.41. The van der Waals surface area contributed by atoms with Gasteiger partial charge in [-0.3, -0.25) is 4.79 Å². The van der Waals surface area contributed by atoms with E-state index in [0.29, 0.717) is 28.4 Å². The van der Waals surface area contributed by atoms with E-state index in [-0.39, 0.29) is 5.75 Å². The van der Waals surface area contributed by atoms with Crippen LogP contribution in [0, 0.1) is 0 Å². The summed E-state index contributed by atoms with van der Waals surface area (Å²) in [5, 5.41) is 13.3. The van der Waals surface area contributed by atoms with Crippen LogP contribution in [-0.4, -0.2) is 11.0 Å². The molecule has 0 atom stereocenters. The highest BCUT2D eigenvalue weighted by Gasteiger charge is 2.07. The Labute approximate surface area is 129 Å². The van der Waals surface area contributed by atoms with Gasteiger partial charge in [0.1, 0.15) is 5.75 Å². The lowest BCUT2D eigenvalue weighted by Crippen LogP contribution is -2.11. The summed E-state index contributed by atoms with van der Waals surface area (Å²) in [6.45, 7) is 0.368. The number of aromatic hydroxyl groups is 1. The summed E-state index contributed by atoms with van der Waals surface area (Å²) >= 11 is 9.39. The minimum atomic E-state index is -0.519. The molecule has 0 aliphatic rings. The van der Waals surface area contributed by atoms with Crippen LogP contribution in [0.5, 0.6) is 5.75 Å². The van der Waals surface area contributed by atoms with E-state index >= 15 is 0 Å². The average molecular weight is 356 g/mol. The fourth-order valence-electron chi connectivity index (χ4n) is 1.70. The quantitative estimate of drug-likeness (QED) is 0.785. The predicted octanol–water partition coefficient (Wildman–Crippen LogP) is 3.52. The molecule has 0 spiro atoms. The fraction of sp³-hybridized carbons (Fsp3) is 0.0714. The van der Waals surface area contributed by atoms with E-state index in [0.717, 1.165) is 4.47 Å². The third-order valence-electron chi connectivity index (χ3n) is 2.76. The topological polar surface area (TPSA) is 75.4 Å². The van der Waals surface area contributed by atoms with Gasteiger partial charge in [-0.05, 0) is 36.4 Å². The number of benzene rings is 2. The van der Waals surface area contributed by atoms with E-state index in [4.69, 9.17) is 17.3 Å². The molecule has 0 aliphatic heterocycles. The van der Waals surface area contributed by atoms with Crippen LogP contribution >= 0.6 is 27.5 Å². The summed E-state index contributed by atoms with van der Waals surface area (Å²) in [6.07, 6.45) is 0. The number of anilines is 1. The maximum atomic E-state index is 11.1. The Bertz CT molecular complexity index is 662. The van der Waals surface area contributed by atoms with Gasteiger partial charge in [-0.25, -0.2) is 0 Å². The lowest BCUT2D eigenvalue weighted by Gasteiger charge is -2.11. The number of rotatable bonds is 4. The first-order valence-corrected chi connectivity index (χ1v) is 6.95. The zero-order chi connectivity index (χ0) is 14.7. The van der Waals surface area contributed by atoms with Crippen molar-refractivity contribution in [1.82, 2.24) is 0 Å². The number of hydrogen-bond acceptors (Lipinski definition) is 3. The molecule has 6 heteroatoms. The van der Waals surface area contributed by atoms with Crippen molar-refractivity contribution in [2.75, 3.05) is 5.32 Å². The summed E-state index contributed by atoms with van der Waals surface area (Å²) in [5.41, 5.74) is 6.89. The number of nitrogens with one attached hydrogen (secondary N) is 1. The molecule has 4 N–H and O–H groups in total. The highest BCUT2D eigenvalue weighted by atomic mass is 79.9. The number of phenolic OH excluding ortho intramolecular Hbond substituents is 1. The minimum Gasteiger partial charge on any atom is -0.508 e. The number of nitrogens with two attached hydrogens (primary N) is 1. The van der Waals surface area contributed by atoms with Crippen molar-refractivity contribution in [1.29, 1.82) is 0 Å². The molecule has 0 saturated carbocycles. The predicted molar refractivity (Wildman–Crippen MR) is 83.1 cm³/mol. The van der Waals surface area contributed by atoms with Gasteiger partial charge in [0.15, 0.2) is 0 Å². The molecule has 4 nitrogen and oxygen atoms in total. The van der Waals surface area contributed by atoms with Gasteiger partial charge in [0.05, 0.1) is 10.7 Å². The van der Waals surface area contributed by atoms with Crippen LogP contribution in [0.25, 0.3) is 0 Å². The summed E-state index contributed by atoms with van der Waals surface area (Å²) in [5.74, 6) is -0.335. The first-order chi connectivity index (χ1) is 9.47. The lowest BCUT2D eigenvalue weighted by molar-refractivity contribution is 0.100. The SMILES string of the molecule is NC(=O)c1ccc(Cl)c(NCc2cc(Br)ccc2O)c1. The van der Waals surface area contributed by atoms with Gasteiger partial charge in [0.25, 0.3) is 0 Å². The summed E-state index contributed by atoms with van der Waals surface area (Å²) in [7, 11) is 0. The van der Waals surface area contributed by atoms with Crippen LogP contribution in [0.2, 0.25) is 5.02 Å². The van der Waals surface area contributed by atoms with E-state index in [9.17, 15) is 9.90 Å². The Kier molecular flexibility index (Phi) is 4.52. The molecule has 104 valence electrons. The third-order valence-corrected chi connectivity index (χ3v) is 3.58. The van der Waals surface area contributed by atoms with Crippen LogP contribution in [0.1, 0.15) is 15.9 Å². The second-order valence-corrected chi connectivity index (χ2v) is 5.51. The zero-order valence-corrected chi connectivity index (χ0v) is 12.7. The molecule has 0 aromatic heterocycles. The normalized spacial score (nSPS) is 10.3. The molecule has 0 fully saturated rings. The molecule has 20 heavy (non-hydrogen) atoms. The molecule has 2 rings (SSSR count). The Balaban J connectivity index is 2.20. The number of carbonyl (C=O) groups excluding carboxylic acids is 1. The fourth-order valence-corrected chi connectivity index (χ4v) is 2.29. The van der Waals surface area contributed by atoms with Gasteiger partial charge in [-0.2, -0.15) is 0 Å². The molecule has 2 aromatic rings. The van der Waals surface area contributed by atoms with Crippen LogP contribution < -0.4 is 11.1 Å². The first kappa shape index (κ1) is 14.7. The van der Waals surface area contributed by atoms with Crippen molar-refractivity contribution in [2.45, 2.75) is 6.54 Å². The van der Waals surface area contributed by atoms with Crippen molar-refractivity contribution in [3.05, 3.63) is 57.0 Å². The molecule has 0 saturated heterocycles. The molecule has 0 bridgehead atoms. The standard InChI is InChI=1S/C14H12BrClN2O2/c15-10-2-4-13(19)9(5-10)7-18-12-6-8(14(17)20)1-3-11(12)16/h1-6,18-19H,7H2,(H2,17,20). The van der Waals surface area contributed by atoms with Crippen molar-refractivity contribution in [2.24, 2.45) is 5.73 Å². The van der Waals surface area contributed by atoms with Gasteiger partial charge in [0.2, 0.25) is 5.91 Å². The van der Waals surface area contributed by atoms with Crippen LogP contribution in [0.4, 0.5) is 5.69 Å². The van der Waals surface area contributed by atoms with E-state index in [1.807, 2.05) is 0 Å². The molecule has 0 unspecified atom stereocenters. The maximum Gasteiger partial charge on any atom is 0.248 e. The number of hydrogen-bond donors (Lipinski definition) is 3. The van der Waals surface area contributed by atoms with Gasteiger partial charge in [-0.15, -0.1) is 0 Å².